The smallest absolute Gasteiger partial charge is 0.358 e. The molecule has 2 aromatic rings. The number of hydrogen-bond donors (Lipinski definition) is 1. The molecule has 0 aliphatic heterocycles. The van der Waals surface area contributed by atoms with Crippen LogP contribution >= 0.6 is 11.6 Å². The minimum Gasteiger partial charge on any atom is -0.464 e. The lowest BCUT2D eigenvalue weighted by Crippen LogP contribution is -2.14. The van der Waals surface area contributed by atoms with Gasteiger partial charge in [-0.2, -0.15) is 0 Å². The molecule has 23 heavy (non-hydrogen) atoms. The van der Waals surface area contributed by atoms with E-state index in [0.29, 0.717) is 24.1 Å². The molecule has 120 valence electrons. The highest BCUT2D eigenvalue weighted by Crippen LogP contribution is 2.39. The first kappa shape index (κ1) is 15.7. The number of esters is 1. The Labute approximate surface area is 139 Å². The maximum Gasteiger partial charge on any atom is 0.358 e. The second kappa shape index (κ2) is 6.91. The van der Waals surface area contributed by atoms with E-state index in [4.69, 9.17) is 16.3 Å². The quantitative estimate of drug-likeness (QED) is 0.820. The van der Waals surface area contributed by atoms with E-state index in [1.807, 2.05) is 18.2 Å². The van der Waals surface area contributed by atoms with Crippen molar-refractivity contribution in [3.63, 3.8) is 0 Å². The maximum absolute atomic E-state index is 11.8. The Balaban J connectivity index is 1.77. The van der Waals surface area contributed by atoms with E-state index in [9.17, 15) is 4.79 Å². The second-order valence-corrected chi connectivity index (χ2v) is 5.73. The first-order valence-corrected chi connectivity index (χ1v) is 7.86. The van der Waals surface area contributed by atoms with Gasteiger partial charge in [-0.3, -0.25) is 4.98 Å². The van der Waals surface area contributed by atoms with Crippen LogP contribution in [0.1, 0.15) is 40.8 Å². The zero-order valence-electron chi connectivity index (χ0n) is 12.8. The number of methoxy groups -OCH3 is 1. The summed E-state index contributed by atoms with van der Waals surface area (Å²) in [6.45, 7) is 0.610. The second-order valence-electron chi connectivity index (χ2n) is 5.36. The van der Waals surface area contributed by atoms with Gasteiger partial charge in [-0.05, 0) is 25.0 Å². The van der Waals surface area contributed by atoms with Gasteiger partial charge in [0.15, 0.2) is 5.69 Å². The number of pyridine rings is 1. The standard InChI is InChI=1S/C16H17ClN4O2/c1-23-16(22)13-12(17)15(21-14(20-13)10-5-6-10)19-9-7-11-4-2-3-8-18-11/h2-4,8,10H,5-7,9H2,1H3,(H,19,20,21). The van der Waals surface area contributed by atoms with E-state index in [-0.39, 0.29) is 10.7 Å². The van der Waals surface area contributed by atoms with E-state index in [1.165, 1.54) is 7.11 Å². The van der Waals surface area contributed by atoms with Crippen molar-refractivity contribution in [1.29, 1.82) is 0 Å². The molecule has 3 rings (SSSR count). The Morgan fingerprint density at radius 1 is 1.39 bits per heavy atom. The summed E-state index contributed by atoms with van der Waals surface area (Å²) in [5, 5.41) is 3.37. The van der Waals surface area contributed by atoms with E-state index in [0.717, 1.165) is 25.0 Å². The van der Waals surface area contributed by atoms with E-state index in [1.54, 1.807) is 6.20 Å². The van der Waals surface area contributed by atoms with Gasteiger partial charge in [-0.15, -0.1) is 0 Å². The third-order valence-corrected chi connectivity index (χ3v) is 3.95. The lowest BCUT2D eigenvalue weighted by atomic mass is 10.2. The van der Waals surface area contributed by atoms with Gasteiger partial charge in [0.05, 0.1) is 7.11 Å². The highest BCUT2D eigenvalue weighted by molar-refractivity contribution is 6.35. The number of nitrogens with one attached hydrogen (secondary N) is 1. The molecule has 7 heteroatoms. The van der Waals surface area contributed by atoms with Crippen molar-refractivity contribution >= 4 is 23.4 Å². The van der Waals surface area contributed by atoms with Crippen LogP contribution < -0.4 is 5.32 Å². The Hall–Kier alpha value is -2.21. The van der Waals surface area contributed by atoms with Gasteiger partial charge in [0.25, 0.3) is 0 Å². The number of aromatic nitrogens is 3. The maximum atomic E-state index is 11.8. The van der Waals surface area contributed by atoms with E-state index >= 15 is 0 Å². The minimum atomic E-state index is -0.549. The molecule has 1 aliphatic rings. The number of ether oxygens (including phenoxy) is 1. The van der Waals surface area contributed by atoms with Gasteiger partial charge in [-0.25, -0.2) is 14.8 Å². The zero-order valence-corrected chi connectivity index (χ0v) is 13.5. The predicted octanol–water partition coefficient (Wildman–Crippen LogP) is 2.84. The van der Waals surface area contributed by atoms with Crippen molar-refractivity contribution in [3.05, 3.63) is 46.6 Å². The number of nitrogens with zero attached hydrogens (tertiary/aromatic N) is 3. The molecule has 1 N–H and O–H groups in total. The van der Waals surface area contributed by atoms with Crippen molar-refractivity contribution in [1.82, 2.24) is 15.0 Å². The summed E-state index contributed by atoms with van der Waals surface area (Å²) in [5.74, 6) is 0.883. The molecule has 0 aromatic carbocycles. The fourth-order valence-electron chi connectivity index (χ4n) is 2.19. The number of carbonyl (C=O) groups excluding carboxylic acids is 1. The fraction of sp³-hybridized carbons (Fsp3) is 0.375. The van der Waals surface area contributed by atoms with Crippen molar-refractivity contribution in [2.24, 2.45) is 0 Å². The van der Waals surface area contributed by atoms with Gasteiger partial charge in [-0.1, -0.05) is 17.7 Å². The topological polar surface area (TPSA) is 77.0 Å². The SMILES string of the molecule is COC(=O)c1nc(C2CC2)nc(NCCc2ccccn2)c1Cl. The Bertz CT molecular complexity index is 705. The number of hydrogen-bond acceptors (Lipinski definition) is 6. The zero-order chi connectivity index (χ0) is 16.2. The van der Waals surface area contributed by atoms with Gasteiger partial charge in [0.2, 0.25) is 0 Å². The monoisotopic (exact) mass is 332 g/mol. The molecule has 2 heterocycles. The van der Waals surface area contributed by atoms with Gasteiger partial charge >= 0.3 is 5.97 Å². The Morgan fingerprint density at radius 3 is 2.87 bits per heavy atom. The third-order valence-electron chi connectivity index (χ3n) is 3.59. The van der Waals surface area contributed by atoms with E-state index in [2.05, 4.69) is 20.3 Å². The average Bonchev–Trinajstić information content (AvgIpc) is 3.41. The highest BCUT2D eigenvalue weighted by atomic mass is 35.5. The molecule has 1 aliphatic carbocycles. The van der Waals surface area contributed by atoms with Crippen LogP contribution in [0.4, 0.5) is 5.82 Å². The molecule has 6 nitrogen and oxygen atoms in total. The van der Waals surface area contributed by atoms with Crippen LogP contribution in [0.15, 0.2) is 24.4 Å². The molecule has 1 fully saturated rings. The first-order valence-electron chi connectivity index (χ1n) is 7.48. The molecule has 0 spiro atoms. The Morgan fingerprint density at radius 2 is 2.22 bits per heavy atom. The number of rotatable bonds is 6. The fourth-order valence-corrected chi connectivity index (χ4v) is 2.42. The van der Waals surface area contributed by atoms with Gasteiger partial charge in [0, 0.05) is 30.8 Å². The van der Waals surface area contributed by atoms with Gasteiger partial charge < -0.3 is 10.1 Å². The normalized spacial score (nSPS) is 13.7. The molecule has 0 saturated heterocycles. The molecule has 0 bridgehead atoms. The number of anilines is 1. The Kier molecular flexibility index (Phi) is 4.71. The average molecular weight is 333 g/mol. The third kappa shape index (κ3) is 3.76. The summed E-state index contributed by atoms with van der Waals surface area (Å²) in [6.07, 6.45) is 4.56. The molecule has 0 amide bonds. The lowest BCUT2D eigenvalue weighted by molar-refractivity contribution is 0.0593. The van der Waals surface area contributed by atoms with Crippen LogP contribution in [0.3, 0.4) is 0 Å². The highest BCUT2D eigenvalue weighted by Gasteiger charge is 2.30. The van der Waals surface area contributed by atoms with Crippen molar-refractivity contribution in [2.45, 2.75) is 25.2 Å². The minimum absolute atomic E-state index is 0.117. The molecule has 1 saturated carbocycles. The summed E-state index contributed by atoms with van der Waals surface area (Å²) < 4.78 is 4.75. The summed E-state index contributed by atoms with van der Waals surface area (Å²) in [4.78, 5) is 24.8. The lowest BCUT2D eigenvalue weighted by Gasteiger charge is -2.11. The predicted molar refractivity (Wildman–Crippen MR) is 86.8 cm³/mol. The van der Waals surface area contributed by atoms with Crippen molar-refractivity contribution < 1.29 is 9.53 Å². The molecule has 0 unspecified atom stereocenters. The molecular formula is C16H17ClN4O2. The van der Waals surface area contributed by atoms with Crippen LogP contribution in [-0.4, -0.2) is 34.6 Å². The molecule has 2 aromatic heterocycles. The van der Waals surface area contributed by atoms with Gasteiger partial charge in [0.1, 0.15) is 16.7 Å². The summed E-state index contributed by atoms with van der Waals surface area (Å²) in [6, 6.07) is 5.78. The first-order chi connectivity index (χ1) is 11.2. The summed E-state index contributed by atoms with van der Waals surface area (Å²) >= 11 is 6.26. The largest absolute Gasteiger partial charge is 0.464 e. The van der Waals surface area contributed by atoms with Crippen LogP contribution in [0, 0.1) is 0 Å². The molecular weight excluding hydrogens is 316 g/mol. The van der Waals surface area contributed by atoms with Crippen LogP contribution in [-0.2, 0) is 11.2 Å². The van der Waals surface area contributed by atoms with Crippen molar-refractivity contribution in [2.75, 3.05) is 19.0 Å². The molecule has 0 atom stereocenters. The van der Waals surface area contributed by atoms with Crippen LogP contribution in [0.2, 0.25) is 5.02 Å². The summed E-state index contributed by atoms with van der Waals surface area (Å²) in [7, 11) is 1.31. The number of carbonyl (C=O) groups is 1. The van der Waals surface area contributed by atoms with E-state index < -0.39 is 5.97 Å². The van der Waals surface area contributed by atoms with Crippen LogP contribution in [0.5, 0.6) is 0 Å². The summed E-state index contributed by atoms with van der Waals surface area (Å²) in [5.41, 5.74) is 1.09. The van der Waals surface area contributed by atoms with Crippen LogP contribution in [0.25, 0.3) is 0 Å². The van der Waals surface area contributed by atoms with Crippen molar-refractivity contribution in [3.8, 4) is 0 Å². The molecule has 0 radical (unpaired) electrons. The number of halogens is 1.